The van der Waals surface area contributed by atoms with E-state index in [0.717, 1.165) is 11.1 Å². The number of pyridine rings is 1. The molecule has 0 fully saturated rings. The van der Waals surface area contributed by atoms with Crippen LogP contribution in [0.2, 0.25) is 0 Å². The van der Waals surface area contributed by atoms with E-state index >= 15 is 0 Å². The lowest BCUT2D eigenvalue weighted by Gasteiger charge is -2.15. The van der Waals surface area contributed by atoms with E-state index in [0.29, 0.717) is 19.1 Å². The van der Waals surface area contributed by atoms with E-state index in [4.69, 9.17) is 9.47 Å². The molecule has 0 aliphatic heterocycles. The van der Waals surface area contributed by atoms with Crippen LogP contribution in [0.15, 0.2) is 66.9 Å². The zero-order valence-electron chi connectivity index (χ0n) is 12.6. The van der Waals surface area contributed by atoms with Crippen molar-refractivity contribution in [2.75, 3.05) is 13.2 Å². The van der Waals surface area contributed by atoms with Crippen LogP contribution in [-0.2, 0) is 0 Å². The molecule has 1 unspecified atom stereocenters. The van der Waals surface area contributed by atoms with E-state index in [1.54, 1.807) is 6.20 Å². The summed E-state index contributed by atoms with van der Waals surface area (Å²) in [5.74, 6) is 1.85. The SMILES string of the molecule is CC(COc1ccccn1)COc1cccc2ccccc12. The summed E-state index contributed by atoms with van der Waals surface area (Å²) in [6, 6.07) is 20.0. The summed E-state index contributed by atoms with van der Waals surface area (Å²) in [6.07, 6.45) is 1.73. The number of fused-ring (bicyclic) bond motifs is 1. The number of rotatable bonds is 6. The summed E-state index contributed by atoms with van der Waals surface area (Å²) in [7, 11) is 0. The molecule has 0 saturated carbocycles. The van der Waals surface area contributed by atoms with E-state index in [-0.39, 0.29) is 5.92 Å². The Hall–Kier alpha value is -2.55. The molecule has 3 heteroatoms. The van der Waals surface area contributed by atoms with Crippen molar-refractivity contribution in [3.63, 3.8) is 0 Å². The van der Waals surface area contributed by atoms with Gasteiger partial charge in [-0.1, -0.05) is 49.4 Å². The molecule has 0 spiro atoms. The van der Waals surface area contributed by atoms with Crippen LogP contribution in [0.25, 0.3) is 10.8 Å². The van der Waals surface area contributed by atoms with Crippen LogP contribution >= 0.6 is 0 Å². The van der Waals surface area contributed by atoms with Gasteiger partial charge in [0, 0.05) is 23.6 Å². The number of benzene rings is 2. The minimum absolute atomic E-state index is 0.279. The summed E-state index contributed by atoms with van der Waals surface area (Å²) >= 11 is 0. The van der Waals surface area contributed by atoms with E-state index in [2.05, 4.69) is 30.1 Å². The molecule has 3 nitrogen and oxygen atoms in total. The number of ether oxygens (including phenoxy) is 2. The molecule has 1 aromatic heterocycles. The summed E-state index contributed by atoms with van der Waals surface area (Å²) in [5.41, 5.74) is 0. The monoisotopic (exact) mass is 293 g/mol. The number of hydrogen-bond acceptors (Lipinski definition) is 3. The van der Waals surface area contributed by atoms with Gasteiger partial charge in [0.25, 0.3) is 0 Å². The lowest BCUT2D eigenvalue weighted by atomic mass is 10.1. The van der Waals surface area contributed by atoms with E-state index in [1.807, 2.05) is 42.5 Å². The highest BCUT2D eigenvalue weighted by atomic mass is 16.5. The predicted octanol–water partition coefficient (Wildman–Crippen LogP) is 4.33. The molecular formula is C19H19NO2. The Balaban J connectivity index is 1.57. The van der Waals surface area contributed by atoms with Crippen molar-refractivity contribution in [2.45, 2.75) is 6.92 Å². The highest BCUT2D eigenvalue weighted by Gasteiger charge is 2.07. The van der Waals surface area contributed by atoms with Gasteiger partial charge in [-0.05, 0) is 17.5 Å². The highest BCUT2D eigenvalue weighted by Crippen LogP contribution is 2.25. The van der Waals surface area contributed by atoms with Crippen LogP contribution < -0.4 is 9.47 Å². The lowest BCUT2D eigenvalue weighted by molar-refractivity contribution is 0.185. The van der Waals surface area contributed by atoms with Gasteiger partial charge in [-0.15, -0.1) is 0 Å². The van der Waals surface area contributed by atoms with E-state index < -0.39 is 0 Å². The van der Waals surface area contributed by atoms with Gasteiger partial charge in [0.05, 0.1) is 13.2 Å². The second kappa shape index (κ2) is 6.94. The van der Waals surface area contributed by atoms with Gasteiger partial charge in [-0.3, -0.25) is 0 Å². The first-order valence-corrected chi connectivity index (χ1v) is 7.47. The summed E-state index contributed by atoms with van der Waals surface area (Å²) in [5, 5.41) is 2.33. The van der Waals surface area contributed by atoms with Crippen LogP contribution in [0.3, 0.4) is 0 Å². The van der Waals surface area contributed by atoms with Crippen LogP contribution in [0, 0.1) is 5.92 Å². The van der Waals surface area contributed by atoms with E-state index in [9.17, 15) is 0 Å². The van der Waals surface area contributed by atoms with Gasteiger partial charge < -0.3 is 9.47 Å². The number of aromatic nitrogens is 1. The molecule has 0 N–H and O–H groups in total. The van der Waals surface area contributed by atoms with Crippen LogP contribution in [0.1, 0.15) is 6.92 Å². The Morgan fingerprint density at radius 2 is 1.64 bits per heavy atom. The van der Waals surface area contributed by atoms with Gasteiger partial charge in [0.15, 0.2) is 0 Å². The molecule has 0 saturated heterocycles. The molecule has 22 heavy (non-hydrogen) atoms. The molecule has 0 aliphatic carbocycles. The average Bonchev–Trinajstić information content (AvgIpc) is 2.59. The summed E-state index contributed by atoms with van der Waals surface area (Å²) < 4.78 is 11.6. The molecular weight excluding hydrogens is 274 g/mol. The van der Waals surface area contributed by atoms with Crippen molar-refractivity contribution in [3.8, 4) is 11.6 Å². The normalized spacial score (nSPS) is 12.0. The molecule has 2 aromatic carbocycles. The summed E-state index contributed by atoms with van der Waals surface area (Å²) in [6.45, 7) is 3.30. The van der Waals surface area contributed by atoms with Gasteiger partial charge >= 0.3 is 0 Å². The lowest BCUT2D eigenvalue weighted by Crippen LogP contribution is -2.17. The fraction of sp³-hybridized carbons (Fsp3) is 0.211. The fourth-order valence-electron chi connectivity index (χ4n) is 2.26. The number of nitrogens with zero attached hydrogens (tertiary/aromatic N) is 1. The Morgan fingerprint density at radius 1 is 0.864 bits per heavy atom. The Bertz CT molecular complexity index is 722. The van der Waals surface area contributed by atoms with Crippen molar-refractivity contribution < 1.29 is 9.47 Å². The number of hydrogen-bond donors (Lipinski definition) is 0. The molecule has 1 atom stereocenters. The van der Waals surface area contributed by atoms with Crippen molar-refractivity contribution in [2.24, 2.45) is 5.92 Å². The fourth-order valence-corrected chi connectivity index (χ4v) is 2.26. The molecule has 3 rings (SSSR count). The quantitative estimate of drug-likeness (QED) is 0.678. The Kier molecular flexibility index (Phi) is 4.54. The standard InChI is InChI=1S/C19H19NO2/c1-15(14-22-19-11-4-5-12-20-19)13-21-18-10-6-8-16-7-2-3-9-17(16)18/h2-12,15H,13-14H2,1H3. The predicted molar refractivity (Wildman–Crippen MR) is 88.3 cm³/mol. The van der Waals surface area contributed by atoms with Crippen LogP contribution in [0.4, 0.5) is 0 Å². The van der Waals surface area contributed by atoms with Gasteiger partial charge in [0.2, 0.25) is 5.88 Å². The average molecular weight is 293 g/mol. The summed E-state index contributed by atoms with van der Waals surface area (Å²) in [4.78, 5) is 4.15. The van der Waals surface area contributed by atoms with Gasteiger partial charge in [-0.2, -0.15) is 0 Å². The third-order valence-electron chi connectivity index (χ3n) is 3.43. The second-order valence-electron chi connectivity index (χ2n) is 5.37. The second-order valence-corrected chi connectivity index (χ2v) is 5.37. The maximum atomic E-state index is 5.97. The van der Waals surface area contributed by atoms with Crippen LogP contribution in [-0.4, -0.2) is 18.2 Å². The van der Waals surface area contributed by atoms with Gasteiger partial charge in [0.1, 0.15) is 5.75 Å². The molecule has 3 aromatic rings. The first-order chi connectivity index (χ1) is 10.8. The molecule has 0 radical (unpaired) electrons. The third-order valence-corrected chi connectivity index (χ3v) is 3.43. The van der Waals surface area contributed by atoms with Gasteiger partial charge in [-0.25, -0.2) is 4.98 Å². The van der Waals surface area contributed by atoms with Crippen molar-refractivity contribution in [1.82, 2.24) is 4.98 Å². The molecule has 112 valence electrons. The molecule has 0 aliphatic rings. The van der Waals surface area contributed by atoms with Crippen molar-refractivity contribution >= 4 is 10.8 Å². The first kappa shape index (κ1) is 14.4. The minimum atomic E-state index is 0.279. The van der Waals surface area contributed by atoms with E-state index in [1.165, 1.54) is 5.39 Å². The maximum Gasteiger partial charge on any atom is 0.213 e. The zero-order valence-corrected chi connectivity index (χ0v) is 12.6. The van der Waals surface area contributed by atoms with Crippen molar-refractivity contribution in [3.05, 3.63) is 66.9 Å². The maximum absolute atomic E-state index is 5.97. The smallest absolute Gasteiger partial charge is 0.213 e. The topological polar surface area (TPSA) is 31.4 Å². The van der Waals surface area contributed by atoms with Crippen LogP contribution in [0.5, 0.6) is 11.6 Å². The molecule has 0 amide bonds. The zero-order chi connectivity index (χ0) is 15.2. The minimum Gasteiger partial charge on any atom is -0.493 e. The highest BCUT2D eigenvalue weighted by molar-refractivity contribution is 5.88. The molecule has 0 bridgehead atoms. The Morgan fingerprint density at radius 3 is 2.50 bits per heavy atom. The first-order valence-electron chi connectivity index (χ1n) is 7.47. The third kappa shape index (κ3) is 3.55. The Labute approximate surface area is 130 Å². The largest absolute Gasteiger partial charge is 0.493 e. The van der Waals surface area contributed by atoms with Crippen molar-refractivity contribution in [1.29, 1.82) is 0 Å². The molecule has 1 heterocycles.